The van der Waals surface area contributed by atoms with Crippen molar-refractivity contribution in [3.8, 4) is 11.1 Å². The average molecular weight is 388 g/mol. The highest BCUT2D eigenvalue weighted by Crippen LogP contribution is 2.29. The third kappa shape index (κ3) is 4.14. The fourth-order valence-corrected chi connectivity index (χ4v) is 3.60. The maximum atomic E-state index is 15.2. The van der Waals surface area contributed by atoms with Gasteiger partial charge < -0.3 is 21.7 Å². The number of hydrogen-bond donors (Lipinski definition) is 3. The minimum absolute atomic E-state index is 0.150. The summed E-state index contributed by atoms with van der Waals surface area (Å²) in [6.07, 6.45) is 4.00. The molecular formula is C21H23F3N4. The zero-order valence-electron chi connectivity index (χ0n) is 15.3. The first-order chi connectivity index (χ1) is 13.4. The van der Waals surface area contributed by atoms with E-state index in [0.29, 0.717) is 24.4 Å². The normalized spacial score (nSPS) is 19.4. The van der Waals surface area contributed by atoms with Crippen molar-refractivity contribution < 1.29 is 13.2 Å². The second kappa shape index (κ2) is 8.39. The molecule has 1 aliphatic heterocycles. The molecule has 28 heavy (non-hydrogen) atoms. The fraction of sp³-hybridized carbons (Fsp3) is 0.238. The number of hydrogen-bond acceptors (Lipinski definition) is 4. The van der Waals surface area contributed by atoms with E-state index in [9.17, 15) is 8.78 Å². The van der Waals surface area contributed by atoms with Gasteiger partial charge in [-0.2, -0.15) is 0 Å². The minimum Gasteiger partial charge on any atom is -0.403 e. The van der Waals surface area contributed by atoms with Crippen molar-refractivity contribution >= 4 is 0 Å². The van der Waals surface area contributed by atoms with Crippen molar-refractivity contribution in [2.45, 2.75) is 24.9 Å². The van der Waals surface area contributed by atoms with Gasteiger partial charge in [0.1, 0.15) is 17.5 Å². The third-order valence-corrected chi connectivity index (χ3v) is 4.97. The van der Waals surface area contributed by atoms with Crippen molar-refractivity contribution in [3.63, 3.8) is 0 Å². The SMILES string of the molecule is C=C(N/C=C\N)N1CCC(N)C1Cc1cccc(-c2cc(F)cc(F)c2)c1F. The molecule has 0 amide bonds. The first kappa shape index (κ1) is 19.8. The number of nitrogens with zero attached hydrogens (tertiary/aromatic N) is 1. The van der Waals surface area contributed by atoms with Crippen LogP contribution in [0.3, 0.4) is 0 Å². The average Bonchev–Trinajstić information content (AvgIpc) is 3.01. The Balaban J connectivity index is 1.88. The molecule has 0 bridgehead atoms. The zero-order valence-corrected chi connectivity index (χ0v) is 15.3. The van der Waals surface area contributed by atoms with Crippen molar-refractivity contribution in [1.29, 1.82) is 0 Å². The van der Waals surface area contributed by atoms with Gasteiger partial charge in [-0.05, 0) is 36.1 Å². The molecule has 2 atom stereocenters. The Hall–Kier alpha value is -2.93. The Kier molecular flexibility index (Phi) is 5.94. The van der Waals surface area contributed by atoms with Crippen LogP contribution in [0.1, 0.15) is 12.0 Å². The molecule has 2 unspecified atom stereocenters. The van der Waals surface area contributed by atoms with E-state index < -0.39 is 17.5 Å². The van der Waals surface area contributed by atoms with Crippen molar-refractivity contribution in [2.24, 2.45) is 11.5 Å². The van der Waals surface area contributed by atoms with Gasteiger partial charge in [0, 0.05) is 42.7 Å². The summed E-state index contributed by atoms with van der Waals surface area (Å²) in [6, 6.07) is 7.50. The molecule has 1 fully saturated rings. The van der Waals surface area contributed by atoms with Gasteiger partial charge in [0.2, 0.25) is 0 Å². The highest BCUT2D eigenvalue weighted by atomic mass is 19.1. The molecular weight excluding hydrogens is 365 g/mol. The van der Waals surface area contributed by atoms with Crippen LogP contribution in [0, 0.1) is 17.5 Å². The van der Waals surface area contributed by atoms with Gasteiger partial charge in [0.05, 0.1) is 5.82 Å². The van der Waals surface area contributed by atoms with E-state index in [4.69, 9.17) is 11.5 Å². The Morgan fingerprint density at radius 1 is 1.21 bits per heavy atom. The topological polar surface area (TPSA) is 67.3 Å². The van der Waals surface area contributed by atoms with E-state index >= 15 is 4.39 Å². The van der Waals surface area contributed by atoms with Gasteiger partial charge in [0.15, 0.2) is 0 Å². The Bertz CT molecular complexity index is 877. The van der Waals surface area contributed by atoms with Crippen LogP contribution in [0.4, 0.5) is 13.2 Å². The first-order valence-corrected chi connectivity index (χ1v) is 8.99. The van der Waals surface area contributed by atoms with Crippen LogP contribution in [-0.2, 0) is 6.42 Å². The molecule has 0 spiro atoms. The monoisotopic (exact) mass is 388 g/mol. The largest absolute Gasteiger partial charge is 0.403 e. The molecule has 1 saturated heterocycles. The van der Waals surface area contributed by atoms with Gasteiger partial charge in [-0.3, -0.25) is 0 Å². The molecule has 1 heterocycles. The first-order valence-electron chi connectivity index (χ1n) is 8.99. The molecule has 2 aromatic rings. The molecule has 0 saturated carbocycles. The molecule has 0 aliphatic carbocycles. The molecule has 148 valence electrons. The van der Waals surface area contributed by atoms with Gasteiger partial charge >= 0.3 is 0 Å². The van der Waals surface area contributed by atoms with Crippen LogP contribution in [0.15, 0.2) is 61.2 Å². The summed E-state index contributed by atoms with van der Waals surface area (Å²) in [5, 5.41) is 2.97. The van der Waals surface area contributed by atoms with Gasteiger partial charge in [-0.15, -0.1) is 0 Å². The Labute approximate surface area is 162 Å². The van der Waals surface area contributed by atoms with E-state index in [2.05, 4.69) is 11.9 Å². The van der Waals surface area contributed by atoms with E-state index in [1.807, 2.05) is 4.90 Å². The lowest BCUT2D eigenvalue weighted by atomic mass is 9.96. The molecule has 0 aromatic heterocycles. The van der Waals surface area contributed by atoms with E-state index in [1.165, 1.54) is 12.3 Å². The van der Waals surface area contributed by atoms with Gasteiger partial charge in [-0.1, -0.05) is 24.8 Å². The lowest BCUT2D eigenvalue weighted by Gasteiger charge is -2.30. The molecule has 2 aromatic carbocycles. The standard InChI is InChI=1S/C21H23F3N4/c1-13(27-7-6-25)28-8-5-19(26)20(28)11-14-3-2-4-18(21(14)24)15-9-16(22)12-17(23)10-15/h2-4,6-7,9-10,12,19-20,27H,1,5,8,11,25-26H2/b7-6-. The summed E-state index contributed by atoms with van der Waals surface area (Å²) in [4.78, 5) is 1.98. The predicted octanol–water partition coefficient (Wildman–Crippen LogP) is 3.21. The van der Waals surface area contributed by atoms with Crippen LogP contribution in [0.25, 0.3) is 11.1 Å². The maximum Gasteiger partial charge on any atom is 0.134 e. The molecule has 7 heteroatoms. The number of nitrogens with one attached hydrogen (secondary N) is 1. The van der Waals surface area contributed by atoms with Crippen LogP contribution in [0.2, 0.25) is 0 Å². The van der Waals surface area contributed by atoms with Gasteiger partial charge in [-0.25, -0.2) is 13.2 Å². The van der Waals surface area contributed by atoms with Crippen molar-refractivity contribution in [1.82, 2.24) is 10.2 Å². The Morgan fingerprint density at radius 2 is 1.93 bits per heavy atom. The molecule has 0 radical (unpaired) electrons. The summed E-state index contributed by atoms with van der Waals surface area (Å²) >= 11 is 0. The molecule has 4 nitrogen and oxygen atoms in total. The van der Waals surface area contributed by atoms with Gasteiger partial charge in [0.25, 0.3) is 0 Å². The fourth-order valence-electron chi connectivity index (χ4n) is 3.60. The molecule has 5 N–H and O–H groups in total. The maximum absolute atomic E-state index is 15.2. The molecule has 1 aliphatic rings. The quantitative estimate of drug-likeness (QED) is 0.711. The van der Waals surface area contributed by atoms with E-state index in [0.717, 1.165) is 24.6 Å². The predicted molar refractivity (Wildman–Crippen MR) is 104 cm³/mol. The van der Waals surface area contributed by atoms with Crippen molar-refractivity contribution in [2.75, 3.05) is 6.54 Å². The summed E-state index contributed by atoms with van der Waals surface area (Å²) in [5.41, 5.74) is 12.3. The van der Waals surface area contributed by atoms with Crippen LogP contribution in [0.5, 0.6) is 0 Å². The van der Waals surface area contributed by atoms with Crippen LogP contribution in [-0.4, -0.2) is 23.5 Å². The number of halogens is 3. The lowest BCUT2D eigenvalue weighted by Crippen LogP contribution is -2.42. The lowest BCUT2D eigenvalue weighted by molar-refractivity contribution is 0.291. The summed E-state index contributed by atoms with van der Waals surface area (Å²) in [6.45, 7) is 4.67. The van der Waals surface area contributed by atoms with Crippen molar-refractivity contribution in [3.05, 3.63) is 84.2 Å². The summed E-state index contributed by atoms with van der Waals surface area (Å²) in [7, 11) is 0. The number of benzene rings is 2. The number of nitrogens with two attached hydrogens (primary N) is 2. The van der Waals surface area contributed by atoms with Crippen LogP contribution < -0.4 is 16.8 Å². The van der Waals surface area contributed by atoms with E-state index in [1.54, 1.807) is 18.3 Å². The summed E-state index contributed by atoms with van der Waals surface area (Å²) in [5.74, 6) is -1.38. The minimum atomic E-state index is -0.751. The number of rotatable bonds is 6. The summed E-state index contributed by atoms with van der Waals surface area (Å²) < 4.78 is 42.3. The highest BCUT2D eigenvalue weighted by Gasteiger charge is 2.33. The Morgan fingerprint density at radius 3 is 2.61 bits per heavy atom. The van der Waals surface area contributed by atoms with E-state index in [-0.39, 0.29) is 23.2 Å². The second-order valence-electron chi connectivity index (χ2n) is 6.80. The smallest absolute Gasteiger partial charge is 0.134 e. The number of likely N-dealkylation sites (tertiary alicyclic amines) is 1. The second-order valence-corrected chi connectivity index (χ2v) is 6.80. The zero-order chi connectivity index (χ0) is 20.3. The highest BCUT2D eigenvalue weighted by molar-refractivity contribution is 5.65. The molecule has 3 rings (SSSR count). The third-order valence-electron chi connectivity index (χ3n) is 4.97. The van der Waals surface area contributed by atoms with Crippen LogP contribution >= 0.6 is 0 Å².